The molecule has 0 aliphatic rings. The van der Waals surface area contributed by atoms with E-state index < -0.39 is 12.1 Å². The third-order valence-corrected chi connectivity index (χ3v) is 15.8. The number of amides is 1. The summed E-state index contributed by atoms with van der Waals surface area (Å²) in [6.45, 7) is 4.90. The Labute approximate surface area is 480 Å². The number of aliphatic hydroxyl groups excluding tert-OH is 2. The lowest BCUT2D eigenvalue weighted by Crippen LogP contribution is -2.45. The molecule has 0 saturated heterocycles. The molecule has 0 heterocycles. The average molecular weight is 1080 g/mol. The Bertz CT molecular complexity index is 1290. The number of esters is 1. The highest BCUT2D eigenvalue weighted by molar-refractivity contribution is 5.76. The Morgan fingerprint density at radius 1 is 0.364 bits per heavy atom. The summed E-state index contributed by atoms with van der Waals surface area (Å²) in [5.41, 5.74) is 0. The molecular weight excluding hydrogens is 947 g/mol. The van der Waals surface area contributed by atoms with Gasteiger partial charge in [0.05, 0.1) is 25.4 Å². The Hall–Kier alpha value is -2.18. The normalized spacial score (nSPS) is 12.8. The van der Waals surface area contributed by atoms with E-state index in [1.54, 1.807) is 6.08 Å². The van der Waals surface area contributed by atoms with Crippen molar-refractivity contribution in [3.05, 3.63) is 48.6 Å². The van der Waals surface area contributed by atoms with Gasteiger partial charge in [0.25, 0.3) is 0 Å². The fourth-order valence-electron chi connectivity index (χ4n) is 10.5. The molecule has 0 rings (SSSR count). The summed E-state index contributed by atoms with van der Waals surface area (Å²) in [5.74, 6) is -0.0578. The summed E-state index contributed by atoms with van der Waals surface area (Å²) in [4.78, 5) is 24.6. The molecule has 1 amide bonds. The van der Waals surface area contributed by atoms with Gasteiger partial charge in [0.2, 0.25) is 5.91 Å². The molecule has 0 aromatic heterocycles. The van der Waals surface area contributed by atoms with Crippen molar-refractivity contribution < 1.29 is 24.5 Å². The first-order valence-electron chi connectivity index (χ1n) is 34.4. The van der Waals surface area contributed by atoms with Gasteiger partial charge in [-0.15, -0.1) is 0 Å². The van der Waals surface area contributed by atoms with E-state index in [1.807, 2.05) is 6.08 Å². The first-order valence-corrected chi connectivity index (χ1v) is 34.4. The third-order valence-electron chi connectivity index (χ3n) is 15.8. The summed E-state index contributed by atoms with van der Waals surface area (Å²) in [7, 11) is 0. The van der Waals surface area contributed by atoms with Crippen LogP contribution in [0.4, 0.5) is 0 Å². The Balaban J connectivity index is 3.37. The minimum Gasteiger partial charge on any atom is -0.466 e. The Morgan fingerprint density at radius 2 is 0.649 bits per heavy atom. The lowest BCUT2D eigenvalue weighted by atomic mass is 10.0. The minimum atomic E-state index is -0.843. The molecule has 77 heavy (non-hydrogen) atoms. The van der Waals surface area contributed by atoms with Crippen molar-refractivity contribution in [2.24, 2.45) is 0 Å². The molecule has 0 aliphatic carbocycles. The topological polar surface area (TPSA) is 95.9 Å². The van der Waals surface area contributed by atoms with Crippen LogP contribution in [0.1, 0.15) is 367 Å². The SMILES string of the molecule is CCCCCC/C=C\C/C=C\CCCCCCCCCC(=O)OCCCCCCCCCCCCCC/C=C\CCCCCCCCCCCCCCCC(=O)NC(CO)C(O)/C=C/CCCCCCCCCCCCC. The van der Waals surface area contributed by atoms with E-state index in [0.717, 1.165) is 51.4 Å². The quantitative estimate of drug-likeness (QED) is 0.0320. The molecule has 0 fully saturated rings. The number of carbonyl (C=O) groups is 2. The molecule has 2 unspecified atom stereocenters. The van der Waals surface area contributed by atoms with Gasteiger partial charge in [-0.3, -0.25) is 9.59 Å². The van der Waals surface area contributed by atoms with E-state index >= 15 is 0 Å². The van der Waals surface area contributed by atoms with Crippen LogP contribution in [0.25, 0.3) is 0 Å². The van der Waals surface area contributed by atoms with Crippen LogP contribution in [0.3, 0.4) is 0 Å². The second kappa shape index (κ2) is 66.3. The first-order chi connectivity index (χ1) is 38.0. The minimum absolute atomic E-state index is 0.00880. The van der Waals surface area contributed by atoms with Crippen LogP contribution in [0.5, 0.6) is 0 Å². The zero-order valence-corrected chi connectivity index (χ0v) is 51.7. The van der Waals surface area contributed by atoms with Gasteiger partial charge in [-0.2, -0.15) is 0 Å². The molecule has 0 aromatic rings. The smallest absolute Gasteiger partial charge is 0.305 e. The van der Waals surface area contributed by atoms with E-state index in [2.05, 4.69) is 55.6 Å². The standard InChI is InChI=1S/C71H133NO5/c1-3-5-7-9-11-13-15-17-18-19-34-37-41-45-49-53-57-61-65-71(76)77-66-62-58-54-50-46-42-38-35-32-30-28-26-24-22-20-21-23-25-27-29-31-33-36-40-44-48-52-56-60-64-70(75)72-68(67-73)69(74)63-59-55-51-47-43-39-16-14-12-10-8-6-4-2/h13,15,18-20,22,59,63,68-69,73-74H,3-12,14,16-17,21,23-58,60-62,64-67H2,1-2H3,(H,72,75)/b15-13-,19-18-,22-20-,63-59+. The predicted molar refractivity (Wildman–Crippen MR) is 338 cm³/mol. The van der Waals surface area contributed by atoms with Gasteiger partial charge in [0, 0.05) is 12.8 Å². The molecule has 3 N–H and O–H groups in total. The van der Waals surface area contributed by atoms with Crippen LogP contribution < -0.4 is 5.32 Å². The number of carbonyl (C=O) groups excluding carboxylic acids is 2. The molecule has 2 atom stereocenters. The highest BCUT2D eigenvalue weighted by atomic mass is 16.5. The van der Waals surface area contributed by atoms with Crippen LogP contribution >= 0.6 is 0 Å². The van der Waals surface area contributed by atoms with Gasteiger partial charge < -0.3 is 20.3 Å². The fraction of sp³-hybridized carbons (Fsp3) is 0.859. The van der Waals surface area contributed by atoms with Gasteiger partial charge >= 0.3 is 5.97 Å². The van der Waals surface area contributed by atoms with E-state index in [4.69, 9.17) is 4.74 Å². The fourth-order valence-corrected chi connectivity index (χ4v) is 10.5. The largest absolute Gasteiger partial charge is 0.466 e. The number of nitrogens with one attached hydrogen (secondary N) is 1. The monoisotopic (exact) mass is 1080 g/mol. The second-order valence-corrected chi connectivity index (χ2v) is 23.5. The Morgan fingerprint density at radius 3 is 1.01 bits per heavy atom. The maximum atomic E-state index is 12.5. The molecule has 6 nitrogen and oxygen atoms in total. The molecule has 6 heteroatoms. The number of unbranched alkanes of at least 4 members (excludes halogenated alkanes) is 47. The van der Waals surface area contributed by atoms with Gasteiger partial charge in [0.1, 0.15) is 0 Å². The Kier molecular flexibility index (Phi) is 64.5. The summed E-state index contributed by atoms with van der Waals surface area (Å²) < 4.78 is 5.50. The van der Waals surface area contributed by atoms with Crippen LogP contribution in [-0.4, -0.2) is 47.4 Å². The van der Waals surface area contributed by atoms with E-state index in [0.29, 0.717) is 19.4 Å². The van der Waals surface area contributed by atoms with Crippen LogP contribution in [0.2, 0.25) is 0 Å². The molecule has 452 valence electrons. The van der Waals surface area contributed by atoms with E-state index in [1.165, 1.54) is 289 Å². The summed E-state index contributed by atoms with van der Waals surface area (Å²) in [6.07, 6.45) is 86.1. The highest BCUT2D eigenvalue weighted by Crippen LogP contribution is 2.18. The molecule has 0 aliphatic heterocycles. The van der Waals surface area contributed by atoms with Gasteiger partial charge in [-0.25, -0.2) is 0 Å². The van der Waals surface area contributed by atoms with Gasteiger partial charge in [-0.05, 0) is 89.9 Å². The van der Waals surface area contributed by atoms with Crippen molar-refractivity contribution in [2.75, 3.05) is 13.2 Å². The van der Waals surface area contributed by atoms with Gasteiger partial charge in [-0.1, -0.05) is 313 Å². The number of ether oxygens (including phenoxy) is 1. The molecule has 0 spiro atoms. The van der Waals surface area contributed by atoms with Crippen molar-refractivity contribution >= 4 is 11.9 Å². The lowest BCUT2D eigenvalue weighted by Gasteiger charge is -2.20. The van der Waals surface area contributed by atoms with E-state index in [-0.39, 0.29) is 18.5 Å². The zero-order chi connectivity index (χ0) is 55.7. The van der Waals surface area contributed by atoms with Crippen molar-refractivity contribution in [1.82, 2.24) is 5.32 Å². The van der Waals surface area contributed by atoms with Crippen molar-refractivity contribution in [3.8, 4) is 0 Å². The van der Waals surface area contributed by atoms with Crippen molar-refractivity contribution in [2.45, 2.75) is 379 Å². The van der Waals surface area contributed by atoms with Crippen molar-refractivity contribution in [3.63, 3.8) is 0 Å². The number of hydrogen-bond acceptors (Lipinski definition) is 5. The number of allylic oxidation sites excluding steroid dienone is 7. The highest BCUT2D eigenvalue weighted by Gasteiger charge is 2.18. The van der Waals surface area contributed by atoms with E-state index in [9.17, 15) is 19.8 Å². The molecule has 0 aromatic carbocycles. The number of aliphatic hydroxyl groups is 2. The number of rotatable bonds is 64. The predicted octanol–water partition coefficient (Wildman–Crippen LogP) is 22.1. The third kappa shape index (κ3) is 62.9. The van der Waals surface area contributed by atoms with Gasteiger partial charge in [0.15, 0.2) is 0 Å². The maximum absolute atomic E-state index is 12.5. The average Bonchev–Trinajstić information content (AvgIpc) is 3.43. The lowest BCUT2D eigenvalue weighted by molar-refractivity contribution is -0.143. The molecule has 0 radical (unpaired) electrons. The second-order valence-electron chi connectivity index (χ2n) is 23.5. The molecule has 0 bridgehead atoms. The maximum Gasteiger partial charge on any atom is 0.305 e. The van der Waals surface area contributed by atoms with Crippen LogP contribution in [0.15, 0.2) is 48.6 Å². The summed E-state index contributed by atoms with van der Waals surface area (Å²) in [5, 5.41) is 23.1. The van der Waals surface area contributed by atoms with Crippen LogP contribution in [0, 0.1) is 0 Å². The summed E-state index contributed by atoms with van der Waals surface area (Å²) >= 11 is 0. The summed E-state index contributed by atoms with van der Waals surface area (Å²) in [6, 6.07) is -0.627. The first kappa shape index (κ1) is 74.8. The molecular formula is C71H133NO5. The van der Waals surface area contributed by atoms with Crippen LogP contribution in [-0.2, 0) is 14.3 Å². The zero-order valence-electron chi connectivity index (χ0n) is 51.7. The molecule has 0 saturated carbocycles. The van der Waals surface area contributed by atoms with Crippen molar-refractivity contribution in [1.29, 1.82) is 0 Å². The number of hydrogen-bond donors (Lipinski definition) is 3.